The predicted octanol–water partition coefficient (Wildman–Crippen LogP) is 5.98. The number of hydrogen-bond donors (Lipinski definition) is 0. The standard InChI is InChI=1S/C25H23FN2O/c1-3-24-21(23-13-6-7-14-27-23)16-25(18-10-8-11-20(15-18)29-2)28(24)17-19-9-4-5-12-22(19)26/h4-16H,3,17H2,1-2H3. The topological polar surface area (TPSA) is 27.1 Å². The third-order valence-corrected chi connectivity index (χ3v) is 5.14. The van der Waals surface area contributed by atoms with Gasteiger partial charge < -0.3 is 9.30 Å². The van der Waals surface area contributed by atoms with E-state index in [1.807, 2.05) is 48.5 Å². The first-order valence-corrected chi connectivity index (χ1v) is 9.73. The van der Waals surface area contributed by atoms with Crippen molar-refractivity contribution in [3.05, 3.63) is 96.1 Å². The molecule has 146 valence electrons. The predicted molar refractivity (Wildman–Crippen MR) is 115 cm³/mol. The molecule has 0 saturated carbocycles. The Balaban J connectivity index is 1.92. The Labute approximate surface area is 170 Å². The molecule has 0 N–H and O–H groups in total. The number of halogens is 1. The van der Waals surface area contributed by atoms with Crippen LogP contribution in [0.25, 0.3) is 22.5 Å². The van der Waals surface area contributed by atoms with Gasteiger partial charge in [0.2, 0.25) is 0 Å². The van der Waals surface area contributed by atoms with Crippen LogP contribution in [0.1, 0.15) is 18.2 Å². The lowest BCUT2D eigenvalue weighted by Crippen LogP contribution is -2.07. The summed E-state index contributed by atoms with van der Waals surface area (Å²) in [4.78, 5) is 4.55. The van der Waals surface area contributed by atoms with Gasteiger partial charge in [0.1, 0.15) is 11.6 Å². The van der Waals surface area contributed by atoms with Crippen molar-refractivity contribution in [1.29, 1.82) is 0 Å². The van der Waals surface area contributed by atoms with Crippen LogP contribution in [-0.4, -0.2) is 16.7 Å². The number of methoxy groups -OCH3 is 1. The van der Waals surface area contributed by atoms with Crippen LogP contribution in [0.3, 0.4) is 0 Å². The summed E-state index contributed by atoms with van der Waals surface area (Å²) >= 11 is 0. The molecule has 2 aromatic heterocycles. The summed E-state index contributed by atoms with van der Waals surface area (Å²) in [5.74, 6) is 0.595. The first-order valence-electron chi connectivity index (χ1n) is 9.73. The minimum Gasteiger partial charge on any atom is -0.497 e. The van der Waals surface area contributed by atoms with Gasteiger partial charge in [-0.3, -0.25) is 4.98 Å². The van der Waals surface area contributed by atoms with Crippen LogP contribution >= 0.6 is 0 Å². The van der Waals surface area contributed by atoms with Crippen molar-refractivity contribution >= 4 is 0 Å². The Hall–Kier alpha value is -3.40. The van der Waals surface area contributed by atoms with Crippen LogP contribution in [0.5, 0.6) is 5.75 Å². The Bertz CT molecular complexity index is 1120. The Morgan fingerprint density at radius 2 is 1.79 bits per heavy atom. The highest BCUT2D eigenvalue weighted by Crippen LogP contribution is 2.34. The van der Waals surface area contributed by atoms with Gasteiger partial charge in [-0.15, -0.1) is 0 Å². The third-order valence-electron chi connectivity index (χ3n) is 5.14. The SMILES string of the molecule is CCc1c(-c2ccccn2)cc(-c2cccc(OC)c2)n1Cc1ccccc1F. The fourth-order valence-electron chi connectivity index (χ4n) is 3.71. The van der Waals surface area contributed by atoms with Gasteiger partial charge in [0.15, 0.2) is 0 Å². The molecule has 2 heterocycles. The molecule has 0 spiro atoms. The molecular weight excluding hydrogens is 363 g/mol. The van der Waals surface area contributed by atoms with Gasteiger partial charge in [-0.25, -0.2) is 4.39 Å². The van der Waals surface area contributed by atoms with Crippen LogP contribution in [0.2, 0.25) is 0 Å². The Morgan fingerprint density at radius 3 is 2.52 bits per heavy atom. The highest BCUT2D eigenvalue weighted by molar-refractivity contribution is 5.74. The fourth-order valence-corrected chi connectivity index (χ4v) is 3.71. The summed E-state index contributed by atoms with van der Waals surface area (Å²) < 4.78 is 22.1. The Kier molecular flexibility index (Phi) is 5.43. The van der Waals surface area contributed by atoms with Gasteiger partial charge >= 0.3 is 0 Å². The maximum absolute atomic E-state index is 14.4. The van der Waals surface area contributed by atoms with Crippen molar-refractivity contribution in [2.45, 2.75) is 19.9 Å². The average molecular weight is 386 g/mol. The van der Waals surface area contributed by atoms with Crippen molar-refractivity contribution in [2.75, 3.05) is 7.11 Å². The number of aromatic nitrogens is 2. The van der Waals surface area contributed by atoms with E-state index < -0.39 is 0 Å². The van der Waals surface area contributed by atoms with E-state index in [0.29, 0.717) is 12.1 Å². The number of rotatable bonds is 6. The third kappa shape index (κ3) is 3.79. The lowest BCUT2D eigenvalue weighted by atomic mass is 10.1. The molecule has 0 amide bonds. The molecule has 4 heteroatoms. The van der Waals surface area contributed by atoms with Crippen LogP contribution in [0, 0.1) is 5.82 Å². The molecule has 0 aliphatic carbocycles. The zero-order valence-corrected chi connectivity index (χ0v) is 16.6. The molecule has 4 aromatic rings. The van der Waals surface area contributed by atoms with Gasteiger partial charge in [0.25, 0.3) is 0 Å². The molecule has 0 saturated heterocycles. The second-order valence-electron chi connectivity index (χ2n) is 6.87. The number of nitrogens with zero attached hydrogens (tertiary/aromatic N) is 2. The van der Waals surface area contributed by atoms with Gasteiger partial charge in [-0.1, -0.05) is 43.3 Å². The molecule has 2 aromatic carbocycles. The minimum absolute atomic E-state index is 0.195. The van der Waals surface area contributed by atoms with E-state index in [9.17, 15) is 4.39 Å². The summed E-state index contributed by atoms with van der Waals surface area (Å²) in [7, 11) is 1.66. The van der Waals surface area contributed by atoms with Crippen molar-refractivity contribution in [3.8, 4) is 28.3 Å². The molecule has 0 unspecified atom stereocenters. The fraction of sp³-hybridized carbons (Fsp3) is 0.160. The average Bonchev–Trinajstić information content (AvgIpc) is 3.14. The molecule has 29 heavy (non-hydrogen) atoms. The molecule has 3 nitrogen and oxygen atoms in total. The summed E-state index contributed by atoms with van der Waals surface area (Å²) in [6, 6.07) is 23.0. The molecule has 0 atom stereocenters. The number of pyridine rings is 1. The smallest absolute Gasteiger partial charge is 0.128 e. The molecule has 0 fully saturated rings. The maximum atomic E-state index is 14.4. The van der Waals surface area contributed by atoms with E-state index in [-0.39, 0.29) is 5.82 Å². The Morgan fingerprint density at radius 1 is 0.966 bits per heavy atom. The van der Waals surface area contributed by atoms with Crippen molar-refractivity contribution < 1.29 is 9.13 Å². The van der Waals surface area contributed by atoms with Crippen molar-refractivity contribution in [3.63, 3.8) is 0 Å². The molecule has 0 aliphatic rings. The molecule has 4 rings (SSSR count). The highest BCUT2D eigenvalue weighted by Gasteiger charge is 2.18. The van der Waals surface area contributed by atoms with Crippen LogP contribution in [-0.2, 0) is 13.0 Å². The normalized spacial score (nSPS) is 10.9. The molecule has 0 aliphatic heterocycles. The van der Waals surface area contributed by atoms with E-state index in [1.165, 1.54) is 6.07 Å². The maximum Gasteiger partial charge on any atom is 0.128 e. The first kappa shape index (κ1) is 18.9. The zero-order chi connectivity index (χ0) is 20.2. The monoisotopic (exact) mass is 386 g/mol. The number of benzene rings is 2. The minimum atomic E-state index is -0.195. The largest absolute Gasteiger partial charge is 0.497 e. The lowest BCUT2D eigenvalue weighted by Gasteiger charge is -2.15. The van der Waals surface area contributed by atoms with Crippen molar-refractivity contribution in [1.82, 2.24) is 9.55 Å². The van der Waals surface area contributed by atoms with E-state index in [2.05, 4.69) is 28.6 Å². The van der Waals surface area contributed by atoms with E-state index >= 15 is 0 Å². The van der Waals surface area contributed by atoms with Crippen LogP contribution in [0.15, 0.2) is 79.0 Å². The summed E-state index contributed by atoms with van der Waals surface area (Å²) in [5, 5.41) is 0. The molecular formula is C25H23FN2O. The molecule has 0 radical (unpaired) electrons. The summed E-state index contributed by atoms with van der Waals surface area (Å²) in [6.45, 7) is 2.57. The second kappa shape index (κ2) is 8.31. The van der Waals surface area contributed by atoms with E-state index in [1.54, 1.807) is 19.4 Å². The molecule has 0 bridgehead atoms. The second-order valence-corrected chi connectivity index (χ2v) is 6.87. The van der Waals surface area contributed by atoms with Crippen LogP contribution < -0.4 is 4.74 Å². The quantitative estimate of drug-likeness (QED) is 0.408. The highest BCUT2D eigenvalue weighted by atomic mass is 19.1. The van der Waals surface area contributed by atoms with E-state index in [4.69, 9.17) is 4.74 Å². The van der Waals surface area contributed by atoms with Gasteiger partial charge in [-0.2, -0.15) is 0 Å². The van der Waals surface area contributed by atoms with Crippen molar-refractivity contribution in [2.24, 2.45) is 0 Å². The summed E-state index contributed by atoms with van der Waals surface area (Å²) in [5.41, 5.74) is 5.82. The lowest BCUT2D eigenvalue weighted by molar-refractivity contribution is 0.415. The van der Waals surface area contributed by atoms with Gasteiger partial charge in [-0.05, 0) is 42.8 Å². The number of hydrogen-bond acceptors (Lipinski definition) is 2. The van der Waals surface area contributed by atoms with Crippen LogP contribution in [0.4, 0.5) is 4.39 Å². The van der Waals surface area contributed by atoms with Gasteiger partial charge in [0.05, 0.1) is 19.3 Å². The van der Waals surface area contributed by atoms with Gasteiger partial charge in [0, 0.05) is 34.3 Å². The summed E-state index contributed by atoms with van der Waals surface area (Å²) in [6.07, 6.45) is 2.61. The first-order chi connectivity index (χ1) is 14.2. The number of ether oxygens (including phenoxy) is 1. The van der Waals surface area contributed by atoms with E-state index in [0.717, 1.165) is 40.4 Å². The zero-order valence-electron chi connectivity index (χ0n) is 16.6.